The van der Waals surface area contributed by atoms with E-state index in [0.29, 0.717) is 10.8 Å². The lowest BCUT2D eigenvalue weighted by atomic mass is 10.3. The molecule has 11 heteroatoms. The number of ether oxygens (including phenoxy) is 1. The summed E-state index contributed by atoms with van der Waals surface area (Å²) in [5.41, 5.74) is 0. The second-order valence-corrected chi connectivity index (χ2v) is 9.53. The number of aliphatic hydroxyl groups is 1. The monoisotopic (exact) mass is 492 g/mol. The average Bonchev–Trinajstić information content (AvgIpc) is 2.73. The highest BCUT2D eigenvalue weighted by Gasteiger charge is 2.20. The van der Waals surface area contributed by atoms with Crippen molar-refractivity contribution in [2.45, 2.75) is 23.8 Å². The lowest BCUT2D eigenvalue weighted by Crippen LogP contribution is -2.35. The minimum absolute atomic E-state index is 0.0243. The van der Waals surface area contributed by atoms with Crippen molar-refractivity contribution in [2.75, 3.05) is 26.7 Å². The van der Waals surface area contributed by atoms with Crippen LogP contribution in [0, 0.1) is 5.82 Å². The summed E-state index contributed by atoms with van der Waals surface area (Å²) in [5, 5.41) is 13.1. The summed E-state index contributed by atoms with van der Waals surface area (Å²) < 4.78 is 44.3. The maximum Gasteiger partial charge on any atom is 0.242 e. The van der Waals surface area contributed by atoms with Crippen molar-refractivity contribution < 1.29 is 27.4 Å². The molecule has 1 amide bonds. The summed E-state index contributed by atoms with van der Waals surface area (Å²) in [4.78, 5) is 11.9. The first-order valence-corrected chi connectivity index (χ1v) is 11.5. The Labute approximate surface area is 190 Å². The van der Waals surface area contributed by atoms with Crippen LogP contribution in [0.3, 0.4) is 0 Å². The molecule has 0 saturated carbocycles. The number of nitrogens with one attached hydrogen (secondary N) is 1. The Hall–Kier alpha value is -1.91. The molecule has 0 aliphatic carbocycles. The van der Waals surface area contributed by atoms with Crippen molar-refractivity contribution in [1.29, 1.82) is 0 Å². The number of carbonyl (C=O) groups excluding carboxylic acids is 1. The molecule has 2 N–H and O–H groups in total. The van der Waals surface area contributed by atoms with E-state index in [1.807, 2.05) is 0 Å². The Kier molecular flexibility index (Phi) is 9.52. The first-order valence-electron chi connectivity index (χ1n) is 9.34. The fourth-order valence-electron chi connectivity index (χ4n) is 2.53. The van der Waals surface area contributed by atoms with Crippen molar-refractivity contribution >= 4 is 39.1 Å². The number of rotatable bonds is 11. The van der Waals surface area contributed by atoms with Gasteiger partial charge in [0.15, 0.2) is 0 Å². The van der Waals surface area contributed by atoms with E-state index in [1.165, 1.54) is 19.2 Å². The number of aliphatic hydroxyl groups excluding tert-OH is 1. The Bertz CT molecular complexity index is 990. The number of carbonyl (C=O) groups is 1. The molecule has 7 nitrogen and oxygen atoms in total. The van der Waals surface area contributed by atoms with Gasteiger partial charge in [-0.1, -0.05) is 29.3 Å². The number of amides is 1. The highest BCUT2D eigenvalue weighted by Crippen LogP contribution is 2.31. The smallest absolute Gasteiger partial charge is 0.242 e. The van der Waals surface area contributed by atoms with Crippen molar-refractivity contribution in [3.05, 3.63) is 58.3 Å². The predicted octanol–water partition coefficient (Wildman–Crippen LogP) is 3.09. The Morgan fingerprint density at radius 3 is 2.58 bits per heavy atom. The van der Waals surface area contributed by atoms with Gasteiger partial charge in [-0.3, -0.25) is 4.79 Å². The molecule has 0 aliphatic rings. The molecular formula is C20H23Cl2FN2O5S. The lowest BCUT2D eigenvalue weighted by Gasteiger charge is -2.17. The Balaban J connectivity index is 1.70. The fourth-order valence-corrected chi connectivity index (χ4v) is 4.09. The van der Waals surface area contributed by atoms with Crippen LogP contribution in [-0.2, 0) is 14.8 Å². The first-order chi connectivity index (χ1) is 14.6. The van der Waals surface area contributed by atoms with Crippen LogP contribution >= 0.6 is 23.2 Å². The van der Waals surface area contributed by atoms with E-state index in [4.69, 9.17) is 27.9 Å². The maximum absolute atomic E-state index is 13.0. The van der Waals surface area contributed by atoms with Gasteiger partial charge in [0.2, 0.25) is 15.9 Å². The van der Waals surface area contributed by atoms with Crippen molar-refractivity contribution in [1.82, 2.24) is 9.62 Å². The standard InChI is InChI=1S/C20H23Cl2FN2O5S/c1-25(31(28,29)16-9-7-14(23)8-10-16)11-3-6-19(27)24-12-15(26)13-30-18-5-2-4-17(21)20(18)22/h2,4-5,7-10,15,26H,3,6,11-13H2,1H3,(H,24,27). The van der Waals surface area contributed by atoms with Gasteiger partial charge >= 0.3 is 0 Å². The zero-order valence-corrected chi connectivity index (χ0v) is 19.1. The summed E-state index contributed by atoms with van der Waals surface area (Å²) >= 11 is 11.9. The molecule has 0 spiro atoms. The van der Waals surface area contributed by atoms with E-state index in [2.05, 4.69) is 5.32 Å². The van der Waals surface area contributed by atoms with Gasteiger partial charge in [-0.2, -0.15) is 0 Å². The highest BCUT2D eigenvalue weighted by atomic mass is 35.5. The molecule has 0 radical (unpaired) electrons. The van der Waals surface area contributed by atoms with E-state index < -0.39 is 21.9 Å². The normalized spacial score (nSPS) is 12.6. The van der Waals surface area contributed by atoms with Gasteiger partial charge < -0.3 is 15.2 Å². The topological polar surface area (TPSA) is 95.9 Å². The number of halogens is 3. The number of hydrogen-bond acceptors (Lipinski definition) is 5. The van der Waals surface area contributed by atoms with Gasteiger partial charge in [-0.25, -0.2) is 17.1 Å². The second-order valence-electron chi connectivity index (χ2n) is 6.70. The summed E-state index contributed by atoms with van der Waals surface area (Å²) in [7, 11) is -2.37. The van der Waals surface area contributed by atoms with Crippen LogP contribution < -0.4 is 10.1 Å². The molecule has 2 aromatic carbocycles. The van der Waals surface area contributed by atoms with Crippen LogP contribution in [-0.4, -0.2) is 56.6 Å². The third-order valence-electron chi connectivity index (χ3n) is 4.28. The summed E-state index contributed by atoms with van der Waals surface area (Å²) in [6, 6.07) is 9.39. The molecule has 2 rings (SSSR count). The van der Waals surface area contributed by atoms with Gasteiger partial charge in [0.1, 0.15) is 29.3 Å². The lowest BCUT2D eigenvalue weighted by molar-refractivity contribution is -0.121. The number of nitrogens with zero attached hydrogens (tertiary/aromatic N) is 1. The molecule has 0 aromatic heterocycles. The fraction of sp³-hybridized carbons (Fsp3) is 0.350. The second kappa shape index (κ2) is 11.6. The minimum atomic E-state index is -3.76. The van der Waals surface area contributed by atoms with Gasteiger partial charge in [-0.05, 0) is 42.8 Å². The van der Waals surface area contributed by atoms with Gasteiger partial charge in [-0.15, -0.1) is 0 Å². The Morgan fingerprint density at radius 2 is 1.90 bits per heavy atom. The molecule has 170 valence electrons. The zero-order chi connectivity index (χ0) is 23.0. The van der Waals surface area contributed by atoms with E-state index in [1.54, 1.807) is 18.2 Å². The van der Waals surface area contributed by atoms with E-state index in [9.17, 15) is 22.7 Å². The number of sulfonamides is 1. The SMILES string of the molecule is CN(CCCC(=O)NCC(O)COc1cccc(Cl)c1Cl)S(=O)(=O)c1ccc(F)cc1. The van der Waals surface area contributed by atoms with Crippen LogP contribution in [0.1, 0.15) is 12.8 Å². The quantitative estimate of drug-likeness (QED) is 0.502. The van der Waals surface area contributed by atoms with Gasteiger partial charge in [0.25, 0.3) is 0 Å². The average molecular weight is 493 g/mol. The highest BCUT2D eigenvalue weighted by molar-refractivity contribution is 7.89. The molecule has 0 heterocycles. The third-order valence-corrected chi connectivity index (χ3v) is 6.95. The van der Waals surface area contributed by atoms with Crippen LogP contribution in [0.15, 0.2) is 47.4 Å². The molecule has 0 fully saturated rings. The Morgan fingerprint density at radius 1 is 1.23 bits per heavy atom. The van der Waals surface area contributed by atoms with Crippen LogP contribution in [0.4, 0.5) is 4.39 Å². The van der Waals surface area contributed by atoms with Crippen molar-refractivity contribution in [3.63, 3.8) is 0 Å². The molecule has 2 aromatic rings. The first kappa shape index (κ1) is 25.4. The molecule has 0 saturated heterocycles. The summed E-state index contributed by atoms with van der Waals surface area (Å²) in [6.07, 6.45) is -0.634. The van der Waals surface area contributed by atoms with E-state index in [0.717, 1.165) is 16.4 Å². The van der Waals surface area contributed by atoms with Crippen molar-refractivity contribution in [2.24, 2.45) is 0 Å². The largest absolute Gasteiger partial charge is 0.489 e. The number of hydrogen-bond donors (Lipinski definition) is 2. The van der Waals surface area contributed by atoms with Gasteiger partial charge in [0, 0.05) is 26.6 Å². The minimum Gasteiger partial charge on any atom is -0.489 e. The van der Waals surface area contributed by atoms with E-state index in [-0.39, 0.29) is 48.4 Å². The van der Waals surface area contributed by atoms with Crippen LogP contribution in [0.25, 0.3) is 0 Å². The molecular weight excluding hydrogens is 470 g/mol. The van der Waals surface area contributed by atoms with Crippen LogP contribution in [0.5, 0.6) is 5.75 Å². The van der Waals surface area contributed by atoms with Crippen molar-refractivity contribution in [3.8, 4) is 5.75 Å². The zero-order valence-electron chi connectivity index (χ0n) is 16.7. The molecule has 0 aliphatic heterocycles. The van der Waals surface area contributed by atoms with Gasteiger partial charge in [0.05, 0.1) is 9.92 Å². The summed E-state index contributed by atoms with van der Waals surface area (Å²) in [5.74, 6) is -0.543. The van der Waals surface area contributed by atoms with E-state index >= 15 is 0 Å². The summed E-state index contributed by atoms with van der Waals surface area (Å²) in [6.45, 7) is -0.0359. The maximum atomic E-state index is 13.0. The molecule has 31 heavy (non-hydrogen) atoms. The third kappa shape index (κ3) is 7.62. The molecule has 1 unspecified atom stereocenters. The predicted molar refractivity (Wildman–Crippen MR) is 116 cm³/mol. The van der Waals surface area contributed by atoms with Crippen LogP contribution in [0.2, 0.25) is 10.0 Å². The molecule has 0 bridgehead atoms. The molecule has 1 atom stereocenters. The number of benzene rings is 2.